The molecule has 35 heavy (non-hydrogen) atoms. The van der Waals surface area contributed by atoms with Gasteiger partial charge in [0.15, 0.2) is 5.76 Å². The zero-order chi connectivity index (χ0) is 25.1. The minimum absolute atomic E-state index is 0.0542. The third kappa shape index (κ3) is 4.94. The van der Waals surface area contributed by atoms with E-state index in [0.29, 0.717) is 28.6 Å². The van der Waals surface area contributed by atoms with E-state index in [4.69, 9.17) is 4.42 Å². The molecule has 0 saturated heterocycles. The number of furan rings is 1. The Kier molecular flexibility index (Phi) is 7.52. The molecule has 7 nitrogen and oxygen atoms in total. The monoisotopic (exact) mass is 493 g/mol. The molecule has 1 amide bonds. The lowest BCUT2D eigenvalue weighted by Crippen LogP contribution is -2.34. The first-order valence-electron chi connectivity index (χ1n) is 12.0. The molecule has 0 aliphatic carbocycles. The first-order chi connectivity index (χ1) is 16.8. The molecular formula is C27H31N3O4S. The number of ketones is 1. The van der Waals surface area contributed by atoms with Gasteiger partial charge in [0, 0.05) is 12.1 Å². The van der Waals surface area contributed by atoms with Gasteiger partial charge in [-0.1, -0.05) is 44.2 Å². The molecule has 3 aromatic rings. The van der Waals surface area contributed by atoms with Crippen LogP contribution < -0.4 is 0 Å². The van der Waals surface area contributed by atoms with E-state index in [2.05, 4.69) is 23.7 Å². The highest BCUT2D eigenvalue weighted by Gasteiger charge is 2.45. The average molecular weight is 494 g/mol. The minimum atomic E-state index is -0.776. The molecule has 0 fully saturated rings. The van der Waals surface area contributed by atoms with Gasteiger partial charge in [-0.3, -0.25) is 9.59 Å². The van der Waals surface area contributed by atoms with Crippen molar-refractivity contribution in [2.45, 2.75) is 40.2 Å². The number of hydrogen-bond donors (Lipinski definition) is 1. The molecule has 3 heterocycles. The first kappa shape index (κ1) is 24.9. The van der Waals surface area contributed by atoms with Gasteiger partial charge in [-0.05, 0) is 52.0 Å². The fourth-order valence-corrected chi connectivity index (χ4v) is 5.48. The lowest BCUT2D eigenvalue weighted by Gasteiger charge is -2.26. The molecule has 4 rings (SSSR count). The van der Waals surface area contributed by atoms with Crippen LogP contribution in [0, 0.1) is 13.8 Å². The maximum Gasteiger partial charge on any atom is 0.290 e. The van der Waals surface area contributed by atoms with E-state index in [1.54, 1.807) is 24.0 Å². The number of nitrogens with zero attached hydrogens (tertiary/aromatic N) is 3. The highest BCUT2D eigenvalue weighted by molar-refractivity contribution is 7.17. The number of benzene rings is 1. The molecule has 0 spiro atoms. The van der Waals surface area contributed by atoms with Gasteiger partial charge in [0.2, 0.25) is 5.78 Å². The maximum atomic E-state index is 13.8. The van der Waals surface area contributed by atoms with Gasteiger partial charge in [-0.2, -0.15) is 0 Å². The van der Waals surface area contributed by atoms with Crippen molar-refractivity contribution in [1.82, 2.24) is 14.8 Å². The smallest absolute Gasteiger partial charge is 0.290 e. The Bertz CT molecular complexity index is 1240. The molecule has 1 aromatic carbocycles. The molecule has 0 saturated carbocycles. The lowest BCUT2D eigenvalue weighted by molar-refractivity contribution is -0.129. The van der Waals surface area contributed by atoms with Crippen LogP contribution in [-0.4, -0.2) is 57.8 Å². The summed E-state index contributed by atoms with van der Waals surface area (Å²) >= 11 is 1.27. The number of aliphatic hydroxyl groups is 1. The zero-order valence-electron chi connectivity index (χ0n) is 20.6. The summed E-state index contributed by atoms with van der Waals surface area (Å²) in [6.07, 6.45) is 0.718. The van der Waals surface area contributed by atoms with Gasteiger partial charge < -0.3 is 19.3 Å². The van der Waals surface area contributed by atoms with Gasteiger partial charge in [-0.15, -0.1) is 11.3 Å². The number of amides is 1. The molecule has 0 bridgehead atoms. The summed E-state index contributed by atoms with van der Waals surface area (Å²) in [7, 11) is 0. The van der Waals surface area contributed by atoms with Crippen LogP contribution in [-0.2, 0) is 4.79 Å². The van der Waals surface area contributed by atoms with Crippen LogP contribution in [0.5, 0.6) is 0 Å². The van der Waals surface area contributed by atoms with Crippen molar-refractivity contribution in [3.8, 4) is 10.6 Å². The molecule has 2 aromatic heterocycles. The summed E-state index contributed by atoms with van der Waals surface area (Å²) < 4.78 is 5.87. The number of hydrogen-bond acceptors (Lipinski definition) is 7. The summed E-state index contributed by atoms with van der Waals surface area (Å²) in [6, 6.07) is 12.4. The quantitative estimate of drug-likeness (QED) is 0.384. The molecule has 184 valence electrons. The van der Waals surface area contributed by atoms with E-state index >= 15 is 0 Å². The lowest BCUT2D eigenvalue weighted by atomic mass is 9.99. The second-order valence-electron chi connectivity index (χ2n) is 8.62. The third-order valence-corrected chi connectivity index (χ3v) is 7.58. The van der Waals surface area contributed by atoms with E-state index in [-0.39, 0.29) is 5.57 Å². The van der Waals surface area contributed by atoms with Gasteiger partial charge in [0.25, 0.3) is 5.91 Å². The molecule has 1 aliphatic rings. The van der Waals surface area contributed by atoms with Crippen LogP contribution >= 0.6 is 11.3 Å². The van der Waals surface area contributed by atoms with E-state index in [9.17, 15) is 14.7 Å². The van der Waals surface area contributed by atoms with Crippen LogP contribution in [0.15, 0.2) is 58.2 Å². The second kappa shape index (κ2) is 10.6. The third-order valence-electron chi connectivity index (χ3n) is 6.37. The standard InChI is InChI=1S/C27H31N3O4S/c1-5-29(6-2)15-10-16-30-22(20-14-13-17(3)34-20)21(24(32)27(30)33)23(31)25-18(4)28-26(35-25)19-11-8-7-9-12-19/h7-9,11-14,22,32H,5-6,10,15-16H2,1-4H3/t22-/m0/s1. The molecular weight excluding hydrogens is 462 g/mol. The number of aryl methyl sites for hydroxylation is 2. The van der Waals surface area contributed by atoms with Crippen LogP contribution in [0.4, 0.5) is 0 Å². The fraction of sp³-hybridized carbons (Fsp3) is 0.370. The topological polar surface area (TPSA) is 86.9 Å². The highest BCUT2D eigenvalue weighted by Crippen LogP contribution is 2.41. The molecule has 1 aliphatic heterocycles. The minimum Gasteiger partial charge on any atom is -0.503 e. The van der Waals surface area contributed by atoms with Crippen molar-refractivity contribution in [3.05, 3.63) is 75.9 Å². The Morgan fingerprint density at radius 3 is 2.49 bits per heavy atom. The number of aromatic nitrogens is 1. The van der Waals surface area contributed by atoms with Crippen molar-refractivity contribution < 1.29 is 19.1 Å². The summed E-state index contributed by atoms with van der Waals surface area (Å²) in [5.74, 6) is -0.299. The highest BCUT2D eigenvalue weighted by atomic mass is 32.1. The largest absolute Gasteiger partial charge is 0.503 e. The molecule has 0 radical (unpaired) electrons. The Hall–Kier alpha value is -3.23. The predicted octanol–water partition coefficient (Wildman–Crippen LogP) is 5.33. The predicted molar refractivity (Wildman–Crippen MR) is 137 cm³/mol. The summed E-state index contributed by atoms with van der Waals surface area (Å²) in [6.45, 7) is 10.9. The number of Topliss-reactive ketones (excluding diaryl/α,β-unsaturated/α-hetero) is 1. The van der Waals surface area contributed by atoms with Crippen molar-refractivity contribution in [1.29, 1.82) is 0 Å². The van der Waals surface area contributed by atoms with E-state index in [0.717, 1.165) is 36.6 Å². The van der Waals surface area contributed by atoms with Crippen molar-refractivity contribution in [2.24, 2.45) is 0 Å². The Labute approximate surface area is 209 Å². The zero-order valence-corrected chi connectivity index (χ0v) is 21.4. The van der Waals surface area contributed by atoms with E-state index in [1.807, 2.05) is 37.3 Å². The van der Waals surface area contributed by atoms with Gasteiger partial charge in [-0.25, -0.2) is 4.98 Å². The summed E-state index contributed by atoms with van der Waals surface area (Å²) in [4.78, 5) is 35.8. The number of rotatable bonds is 10. The first-order valence-corrected chi connectivity index (χ1v) is 12.8. The van der Waals surface area contributed by atoms with Gasteiger partial charge in [0.05, 0.1) is 16.1 Å². The molecule has 0 unspecified atom stereocenters. The van der Waals surface area contributed by atoms with Crippen LogP contribution in [0.1, 0.15) is 53.2 Å². The van der Waals surface area contributed by atoms with Gasteiger partial charge in [0.1, 0.15) is 22.6 Å². The Morgan fingerprint density at radius 2 is 1.86 bits per heavy atom. The fourth-order valence-electron chi connectivity index (χ4n) is 4.45. The van der Waals surface area contributed by atoms with E-state index in [1.165, 1.54) is 11.3 Å². The number of carbonyl (C=O) groups excluding carboxylic acids is 2. The number of aliphatic hydroxyl groups excluding tert-OH is 1. The number of carbonyl (C=O) groups is 2. The molecule has 1 N–H and O–H groups in total. The Morgan fingerprint density at radius 1 is 1.14 bits per heavy atom. The van der Waals surface area contributed by atoms with Crippen LogP contribution in [0.25, 0.3) is 10.6 Å². The van der Waals surface area contributed by atoms with Crippen molar-refractivity contribution >= 4 is 23.0 Å². The summed E-state index contributed by atoms with van der Waals surface area (Å²) in [5.41, 5.74) is 1.54. The van der Waals surface area contributed by atoms with E-state index < -0.39 is 23.5 Å². The van der Waals surface area contributed by atoms with Crippen LogP contribution in [0.3, 0.4) is 0 Å². The average Bonchev–Trinajstić information content (AvgIpc) is 3.54. The Balaban J connectivity index is 1.68. The normalized spacial score (nSPS) is 16.1. The SMILES string of the molecule is CCN(CC)CCCN1C(=O)C(O)=C(C(=O)c2sc(-c3ccccc3)nc2C)[C@@H]1c1ccc(C)o1. The van der Waals surface area contributed by atoms with Crippen molar-refractivity contribution in [2.75, 3.05) is 26.2 Å². The number of thiazole rings is 1. The maximum absolute atomic E-state index is 13.8. The van der Waals surface area contributed by atoms with Crippen molar-refractivity contribution in [3.63, 3.8) is 0 Å². The van der Waals surface area contributed by atoms with Crippen LogP contribution in [0.2, 0.25) is 0 Å². The van der Waals surface area contributed by atoms with Gasteiger partial charge >= 0.3 is 0 Å². The summed E-state index contributed by atoms with van der Waals surface area (Å²) in [5, 5.41) is 11.6. The molecule has 8 heteroatoms. The second-order valence-corrected chi connectivity index (χ2v) is 9.62. The molecule has 1 atom stereocenters.